The molecule has 0 bridgehead atoms. The number of halogens is 5. The Bertz CT molecular complexity index is 365. The van der Waals surface area contributed by atoms with Gasteiger partial charge in [0.25, 0.3) is 0 Å². The lowest BCUT2D eigenvalue weighted by Gasteiger charge is -2.09. The molecular formula is C9H7F5O2. The molecule has 0 saturated carbocycles. The highest BCUT2D eigenvalue weighted by Crippen LogP contribution is 2.28. The molecule has 0 aliphatic rings. The third-order valence-corrected chi connectivity index (χ3v) is 1.72. The van der Waals surface area contributed by atoms with Gasteiger partial charge in [-0.15, -0.1) is 0 Å². The predicted molar refractivity (Wildman–Crippen MR) is 43.4 cm³/mol. The SMILES string of the molecule is OCCCOc1c(F)c(F)c(F)c(F)c1F. The van der Waals surface area contributed by atoms with Crippen LogP contribution in [0.3, 0.4) is 0 Å². The first-order chi connectivity index (χ1) is 7.50. The highest BCUT2D eigenvalue weighted by molar-refractivity contribution is 5.29. The van der Waals surface area contributed by atoms with E-state index in [9.17, 15) is 22.0 Å². The summed E-state index contributed by atoms with van der Waals surface area (Å²) < 4.78 is 68.0. The molecule has 0 atom stereocenters. The van der Waals surface area contributed by atoms with Crippen LogP contribution in [0.15, 0.2) is 0 Å². The van der Waals surface area contributed by atoms with Crippen LogP contribution < -0.4 is 4.74 Å². The molecule has 1 N–H and O–H groups in total. The molecule has 1 aromatic carbocycles. The molecule has 1 rings (SSSR count). The summed E-state index contributed by atoms with van der Waals surface area (Å²) in [4.78, 5) is 0. The molecule has 16 heavy (non-hydrogen) atoms. The summed E-state index contributed by atoms with van der Waals surface area (Å²) in [6.07, 6.45) is 0.0134. The van der Waals surface area contributed by atoms with E-state index in [-0.39, 0.29) is 19.6 Å². The van der Waals surface area contributed by atoms with E-state index in [0.29, 0.717) is 0 Å². The van der Waals surface area contributed by atoms with Crippen LogP contribution in [0.4, 0.5) is 22.0 Å². The molecule has 0 aliphatic heterocycles. The number of hydrogen-bond acceptors (Lipinski definition) is 2. The first-order valence-corrected chi connectivity index (χ1v) is 4.25. The van der Waals surface area contributed by atoms with Gasteiger partial charge >= 0.3 is 0 Å². The summed E-state index contributed by atoms with van der Waals surface area (Å²) in [7, 11) is 0. The lowest BCUT2D eigenvalue weighted by atomic mass is 10.2. The van der Waals surface area contributed by atoms with Crippen LogP contribution in [-0.2, 0) is 0 Å². The van der Waals surface area contributed by atoms with E-state index in [1.807, 2.05) is 0 Å². The van der Waals surface area contributed by atoms with E-state index in [4.69, 9.17) is 5.11 Å². The maximum Gasteiger partial charge on any atom is 0.206 e. The van der Waals surface area contributed by atoms with Gasteiger partial charge in [0.2, 0.25) is 29.1 Å². The molecule has 1 aromatic rings. The van der Waals surface area contributed by atoms with Gasteiger partial charge in [-0.2, -0.15) is 8.78 Å². The van der Waals surface area contributed by atoms with Gasteiger partial charge in [-0.25, -0.2) is 13.2 Å². The van der Waals surface area contributed by atoms with Crippen molar-refractivity contribution in [3.05, 3.63) is 29.1 Å². The van der Waals surface area contributed by atoms with Gasteiger partial charge < -0.3 is 9.84 Å². The third kappa shape index (κ3) is 2.24. The molecular weight excluding hydrogens is 235 g/mol. The minimum Gasteiger partial charge on any atom is -0.487 e. The fraction of sp³-hybridized carbons (Fsp3) is 0.333. The number of benzene rings is 1. The molecule has 0 aliphatic carbocycles. The highest BCUT2D eigenvalue weighted by Gasteiger charge is 2.26. The van der Waals surface area contributed by atoms with Gasteiger partial charge in [-0.3, -0.25) is 0 Å². The number of aliphatic hydroxyl groups is 1. The number of ether oxygens (including phenoxy) is 1. The molecule has 0 radical (unpaired) electrons. The second-order valence-corrected chi connectivity index (χ2v) is 2.82. The predicted octanol–water partition coefficient (Wildman–Crippen LogP) is 2.14. The van der Waals surface area contributed by atoms with E-state index in [2.05, 4.69) is 4.74 Å². The van der Waals surface area contributed by atoms with Crippen LogP contribution in [0.25, 0.3) is 0 Å². The largest absolute Gasteiger partial charge is 0.487 e. The Morgan fingerprint density at radius 3 is 1.69 bits per heavy atom. The minimum atomic E-state index is -2.23. The Hall–Kier alpha value is -1.37. The van der Waals surface area contributed by atoms with Crippen LogP contribution in [0.1, 0.15) is 6.42 Å². The Kier molecular flexibility index (Phi) is 4.05. The summed E-state index contributed by atoms with van der Waals surface area (Å²) in [5.74, 6) is -11.7. The molecule has 0 fully saturated rings. The van der Waals surface area contributed by atoms with Crippen molar-refractivity contribution in [1.29, 1.82) is 0 Å². The van der Waals surface area contributed by atoms with Gasteiger partial charge in [-0.1, -0.05) is 0 Å². The fourth-order valence-electron chi connectivity index (χ4n) is 0.950. The number of hydrogen-bond donors (Lipinski definition) is 1. The van der Waals surface area contributed by atoms with Gasteiger partial charge in [0.15, 0.2) is 5.75 Å². The lowest BCUT2D eigenvalue weighted by molar-refractivity contribution is 0.215. The van der Waals surface area contributed by atoms with Crippen molar-refractivity contribution in [2.75, 3.05) is 13.2 Å². The van der Waals surface area contributed by atoms with Gasteiger partial charge in [0, 0.05) is 13.0 Å². The molecule has 0 spiro atoms. The highest BCUT2D eigenvalue weighted by atomic mass is 19.2. The third-order valence-electron chi connectivity index (χ3n) is 1.72. The van der Waals surface area contributed by atoms with Crippen molar-refractivity contribution in [2.24, 2.45) is 0 Å². The van der Waals surface area contributed by atoms with Crippen molar-refractivity contribution >= 4 is 0 Å². The summed E-state index contributed by atoms with van der Waals surface area (Å²) in [5.41, 5.74) is 0. The average molecular weight is 242 g/mol. The molecule has 90 valence electrons. The van der Waals surface area contributed by atoms with E-state index < -0.39 is 34.8 Å². The van der Waals surface area contributed by atoms with Gasteiger partial charge in [0.05, 0.1) is 6.61 Å². The monoisotopic (exact) mass is 242 g/mol. The number of aliphatic hydroxyl groups excluding tert-OH is 1. The molecule has 7 heteroatoms. The van der Waals surface area contributed by atoms with Crippen molar-refractivity contribution < 1.29 is 31.8 Å². The Labute approximate surface area is 87.3 Å². The van der Waals surface area contributed by atoms with Crippen molar-refractivity contribution in [2.45, 2.75) is 6.42 Å². The van der Waals surface area contributed by atoms with Crippen LogP contribution in [0.2, 0.25) is 0 Å². The minimum absolute atomic E-state index is 0.0134. The molecule has 0 unspecified atom stereocenters. The van der Waals surface area contributed by atoms with Crippen molar-refractivity contribution in [1.82, 2.24) is 0 Å². The second-order valence-electron chi connectivity index (χ2n) is 2.82. The average Bonchev–Trinajstić information content (AvgIpc) is 2.28. The standard InChI is InChI=1S/C9H7F5O2/c10-4-5(11)7(13)9(8(14)6(4)12)16-3-1-2-15/h15H,1-3H2. The van der Waals surface area contributed by atoms with Crippen molar-refractivity contribution in [3.8, 4) is 5.75 Å². The summed E-state index contributed by atoms with van der Waals surface area (Å²) in [6, 6.07) is 0. The topological polar surface area (TPSA) is 29.5 Å². The molecule has 0 saturated heterocycles. The van der Waals surface area contributed by atoms with Crippen molar-refractivity contribution in [3.63, 3.8) is 0 Å². The molecule has 0 heterocycles. The molecule has 2 nitrogen and oxygen atoms in total. The summed E-state index contributed by atoms with van der Waals surface area (Å²) in [6.45, 7) is -0.676. The fourth-order valence-corrected chi connectivity index (χ4v) is 0.950. The Morgan fingerprint density at radius 1 is 0.812 bits per heavy atom. The van der Waals surface area contributed by atoms with E-state index in [1.54, 1.807) is 0 Å². The second kappa shape index (κ2) is 5.11. The van der Waals surface area contributed by atoms with E-state index in [0.717, 1.165) is 0 Å². The Balaban J connectivity index is 3.08. The summed E-state index contributed by atoms with van der Waals surface area (Å²) >= 11 is 0. The molecule has 0 amide bonds. The Morgan fingerprint density at radius 2 is 1.25 bits per heavy atom. The smallest absolute Gasteiger partial charge is 0.206 e. The first-order valence-electron chi connectivity index (χ1n) is 4.25. The van der Waals surface area contributed by atoms with E-state index in [1.165, 1.54) is 0 Å². The zero-order valence-electron chi connectivity index (χ0n) is 7.87. The summed E-state index contributed by atoms with van der Waals surface area (Å²) in [5, 5.41) is 8.36. The first kappa shape index (κ1) is 12.7. The van der Waals surface area contributed by atoms with Gasteiger partial charge in [0.1, 0.15) is 0 Å². The van der Waals surface area contributed by atoms with Gasteiger partial charge in [-0.05, 0) is 0 Å². The zero-order valence-corrected chi connectivity index (χ0v) is 7.87. The normalized spacial score (nSPS) is 10.6. The maximum atomic E-state index is 12.9. The van der Waals surface area contributed by atoms with Crippen LogP contribution >= 0.6 is 0 Å². The molecule has 0 aromatic heterocycles. The van der Waals surface area contributed by atoms with Crippen LogP contribution in [0, 0.1) is 29.1 Å². The lowest BCUT2D eigenvalue weighted by Crippen LogP contribution is -2.08. The maximum absolute atomic E-state index is 12.9. The zero-order chi connectivity index (χ0) is 12.3. The van der Waals surface area contributed by atoms with Crippen LogP contribution in [0.5, 0.6) is 5.75 Å². The quantitative estimate of drug-likeness (QED) is 0.379. The van der Waals surface area contributed by atoms with Crippen LogP contribution in [-0.4, -0.2) is 18.3 Å². The van der Waals surface area contributed by atoms with E-state index >= 15 is 0 Å². The number of rotatable bonds is 4.